The topological polar surface area (TPSA) is 16.1 Å². The van der Waals surface area contributed by atoms with Crippen LogP contribution in [-0.4, -0.2) is 4.98 Å². The van der Waals surface area contributed by atoms with Crippen molar-refractivity contribution in [3.63, 3.8) is 0 Å². The fourth-order valence-corrected chi connectivity index (χ4v) is 4.16. The van der Waals surface area contributed by atoms with Gasteiger partial charge in [0.2, 0.25) is 0 Å². The van der Waals surface area contributed by atoms with Gasteiger partial charge in [-0.15, -0.1) is 0 Å². The summed E-state index contributed by atoms with van der Waals surface area (Å²) >= 11 is 0. The van der Waals surface area contributed by atoms with Crippen LogP contribution in [0.5, 0.6) is 0 Å². The molecule has 4 aromatic carbocycles. The lowest BCUT2D eigenvalue weighted by Gasteiger charge is -2.26. The predicted octanol–water partition coefficient (Wildman–Crippen LogP) is 9.17. The van der Waals surface area contributed by atoms with Crippen molar-refractivity contribution < 1.29 is 0 Å². The molecule has 0 aliphatic carbocycles. The molecule has 0 radical (unpaired) electrons. The molecule has 0 amide bonds. The van der Waals surface area contributed by atoms with E-state index in [9.17, 15) is 0 Å². The first kappa shape index (κ1) is 22.1. The van der Waals surface area contributed by atoms with Gasteiger partial charge < -0.3 is 4.90 Å². The number of pyridine rings is 1. The fraction of sp³-hybridized carbons (Fsp3) is 0. The van der Waals surface area contributed by atoms with E-state index in [1.165, 1.54) is 0 Å². The summed E-state index contributed by atoms with van der Waals surface area (Å²) in [4.78, 5) is 6.75. The second-order valence-corrected chi connectivity index (χ2v) is 8.27. The number of benzene rings is 4. The second kappa shape index (κ2) is 10.1. The molecule has 1 aromatic heterocycles. The zero-order valence-corrected chi connectivity index (χ0v) is 19.5. The molecule has 2 heteroatoms. The van der Waals surface area contributed by atoms with E-state index in [2.05, 4.69) is 120 Å². The largest absolute Gasteiger partial charge is 0.311 e. The fourth-order valence-electron chi connectivity index (χ4n) is 4.16. The Balaban J connectivity index is 1.51. The van der Waals surface area contributed by atoms with E-state index in [0.717, 1.165) is 50.6 Å². The van der Waals surface area contributed by atoms with Crippen LogP contribution in [0, 0.1) is 0 Å². The van der Waals surface area contributed by atoms with Gasteiger partial charge in [-0.2, -0.15) is 0 Å². The summed E-state index contributed by atoms with van der Waals surface area (Å²) in [7, 11) is 0. The van der Waals surface area contributed by atoms with Crippen LogP contribution < -0.4 is 4.90 Å². The maximum absolute atomic E-state index is 4.49. The highest BCUT2D eigenvalue weighted by molar-refractivity contribution is 5.80. The Hall–Kier alpha value is -4.69. The van der Waals surface area contributed by atoms with Gasteiger partial charge in [0.05, 0.1) is 5.69 Å². The number of anilines is 3. The molecule has 35 heavy (non-hydrogen) atoms. The van der Waals surface area contributed by atoms with Gasteiger partial charge >= 0.3 is 0 Å². The highest BCUT2D eigenvalue weighted by Gasteiger charge is 2.13. The van der Waals surface area contributed by atoms with Crippen molar-refractivity contribution in [3.8, 4) is 22.4 Å². The van der Waals surface area contributed by atoms with Crippen LogP contribution in [0.3, 0.4) is 0 Å². The van der Waals surface area contributed by atoms with Gasteiger partial charge in [-0.25, -0.2) is 0 Å². The van der Waals surface area contributed by atoms with Gasteiger partial charge in [0.15, 0.2) is 0 Å². The molecule has 0 aliphatic heterocycles. The van der Waals surface area contributed by atoms with Gasteiger partial charge in [0, 0.05) is 28.8 Å². The highest BCUT2D eigenvalue weighted by Crippen LogP contribution is 2.36. The molecule has 0 aliphatic rings. The van der Waals surface area contributed by atoms with Crippen molar-refractivity contribution in [2.45, 2.75) is 0 Å². The Bertz CT molecular complexity index is 1380. The first-order chi connectivity index (χ1) is 17.2. The van der Waals surface area contributed by atoms with Crippen molar-refractivity contribution >= 4 is 29.2 Å². The Labute approximate surface area is 207 Å². The van der Waals surface area contributed by atoms with E-state index >= 15 is 0 Å². The predicted molar refractivity (Wildman–Crippen MR) is 150 cm³/mol. The summed E-state index contributed by atoms with van der Waals surface area (Å²) in [5, 5.41) is 0. The molecule has 0 spiro atoms. The molecule has 0 saturated heterocycles. The Morgan fingerprint density at radius 1 is 0.514 bits per heavy atom. The summed E-state index contributed by atoms with van der Waals surface area (Å²) in [6.07, 6.45) is 5.55. The van der Waals surface area contributed by atoms with Gasteiger partial charge in [-0.3, -0.25) is 4.98 Å². The Morgan fingerprint density at radius 2 is 1.06 bits per heavy atom. The first-order valence-corrected chi connectivity index (χ1v) is 11.6. The molecule has 5 rings (SSSR count). The number of hydrogen-bond acceptors (Lipinski definition) is 2. The first-order valence-electron chi connectivity index (χ1n) is 11.6. The summed E-state index contributed by atoms with van der Waals surface area (Å²) in [6, 6.07) is 40.1. The van der Waals surface area contributed by atoms with Crippen LogP contribution in [0.2, 0.25) is 0 Å². The molecule has 1 heterocycles. The molecule has 0 saturated carbocycles. The zero-order chi connectivity index (χ0) is 24.0. The summed E-state index contributed by atoms with van der Waals surface area (Å²) < 4.78 is 0. The maximum Gasteiger partial charge on any atom is 0.0702 e. The molecule has 5 aromatic rings. The van der Waals surface area contributed by atoms with E-state index in [0.29, 0.717) is 0 Å². The lowest BCUT2D eigenvalue weighted by Crippen LogP contribution is -2.09. The van der Waals surface area contributed by atoms with E-state index in [1.54, 1.807) is 0 Å². The number of hydrogen-bond donors (Lipinski definition) is 0. The smallest absolute Gasteiger partial charge is 0.0702 e. The molecule has 0 N–H and O–H groups in total. The van der Waals surface area contributed by atoms with E-state index < -0.39 is 0 Å². The average Bonchev–Trinajstić information content (AvgIpc) is 2.95. The third-order valence-corrected chi connectivity index (χ3v) is 6.06. The minimum Gasteiger partial charge on any atom is -0.311 e. The molecule has 0 fully saturated rings. The molecule has 0 bridgehead atoms. The highest BCUT2D eigenvalue weighted by atomic mass is 15.1. The zero-order valence-electron chi connectivity index (χ0n) is 19.5. The summed E-state index contributed by atoms with van der Waals surface area (Å²) in [5.41, 5.74) is 9.87. The number of aromatic nitrogens is 1. The van der Waals surface area contributed by atoms with Crippen molar-refractivity contribution in [2.75, 3.05) is 4.90 Å². The molecular weight excluding hydrogens is 424 g/mol. The van der Waals surface area contributed by atoms with Crippen LogP contribution in [0.15, 0.2) is 135 Å². The van der Waals surface area contributed by atoms with E-state index in [1.807, 2.05) is 36.5 Å². The van der Waals surface area contributed by atoms with Gasteiger partial charge in [-0.05, 0) is 76.9 Å². The number of nitrogens with zero attached hydrogens (tertiary/aromatic N) is 2. The summed E-state index contributed by atoms with van der Waals surface area (Å²) in [5.74, 6) is 0. The van der Waals surface area contributed by atoms with Gasteiger partial charge in [-0.1, -0.05) is 86.0 Å². The normalized spacial score (nSPS) is 10.5. The molecule has 168 valence electrons. The lowest BCUT2D eigenvalue weighted by atomic mass is 10.0. The summed E-state index contributed by atoms with van der Waals surface area (Å²) in [6.45, 7) is 7.76. The Kier molecular flexibility index (Phi) is 6.36. The minimum absolute atomic E-state index is 0.975. The third kappa shape index (κ3) is 4.83. The van der Waals surface area contributed by atoms with Crippen LogP contribution in [0.25, 0.3) is 34.5 Å². The van der Waals surface area contributed by atoms with E-state index in [4.69, 9.17) is 0 Å². The van der Waals surface area contributed by atoms with Crippen LogP contribution >= 0.6 is 0 Å². The second-order valence-electron chi connectivity index (χ2n) is 8.27. The SMILES string of the molecule is C=Cc1ccc(N(c2ccc(C=C)cc2)c2ccc(-c3cccc(-c4ccccn4)c3)cc2)cc1. The molecule has 0 atom stereocenters. The lowest BCUT2D eigenvalue weighted by molar-refractivity contribution is 1.28. The van der Waals surface area contributed by atoms with Gasteiger partial charge in [0.1, 0.15) is 0 Å². The van der Waals surface area contributed by atoms with Crippen LogP contribution in [-0.2, 0) is 0 Å². The molecule has 2 nitrogen and oxygen atoms in total. The molecular formula is C33H26N2. The quantitative estimate of drug-likeness (QED) is 0.246. The Morgan fingerprint density at radius 3 is 1.57 bits per heavy atom. The minimum atomic E-state index is 0.975. The van der Waals surface area contributed by atoms with Crippen molar-refractivity contribution in [1.29, 1.82) is 0 Å². The van der Waals surface area contributed by atoms with Crippen molar-refractivity contribution in [2.24, 2.45) is 0 Å². The van der Waals surface area contributed by atoms with Crippen molar-refractivity contribution in [1.82, 2.24) is 4.98 Å². The van der Waals surface area contributed by atoms with Crippen molar-refractivity contribution in [3.05, 3.63) is 146 Å². The standard InChI is InChI=1S/C33H26N2/c1-3-25-11-17-30(18-12-25)35(31-19-13-26(4-2)14-20-31)32-21-15-27(16-22-32)28-8-7-9-29(24-28)33-10-5-6-23-34-33/h3-24H,1-2H2. The molecule has 0 unspecified atom stereocenters. The maximum atomic E-state index is 4.49. The van der Waals surface area contributed by atoms with E-state index in [-0.39, 0.29) is 0 Å². The monoisotopic (exact) mass is 450 g/mol. The third-order valence-electron chi connectivity index (χ3n) is 6.06. The average molecular weight is 451 g/mol. The van der Waals surface area contributed by atoms with Crippen LogP contribution in [0.4, 0.5) is 17.1 Å². The number of rotatable bonds is 7. The van der Waals surface area contributed by atoms with Gasteiger partial charge in [0.25, 0.3) is 0 Å². The van der Waals surface area contributed by atoms with Crippen LogP contribution in [0.1, 0.15) is 11.1 Å².